The van der Waals surface area contributed by atoms with Crippen molar-refractivity contribution in [2.75, 3.05) is 20.8 Å². The van der Waals surface area contributed by atoms with Crippen LogP contribution in [0.1, 0.15) is 43.1 Å². The first-order chi connectivity index (χ1) is 14.3. The predicted molar refractivity (Wildman–Crippen MR) is 111 cm³/mol. The maximum atomic E-state index is 5.73. The first-order valence-corrected chi connectivity index (χ1v) is 10.1. The smallest absolute Gasteiger partial charge is 0.167 e. The zero-order valence-electron chi connectivity index (χ0n) is 17.0. The maximum Gasteiger partial charge on any atom is 0.167 e. The Balaban J connectivity index is 1.59. The van der Waals surface area contributed by atoms with Crippen molar-refractivity contribution in [3.8, 4) is 22.8 Å². The van der Waals surface area contributed by atoms with Crippen molar-refractivity contribution in [2.45, 2.75) is 38.3 Å². The highest BCUT2D eigenvalue weighted by atomic mass is 16.5. The maximum absolute atomic E-state index is 5.73. The summed E-state index contributed by atoms with van der Waals surface area (Å²) in [6, 6.07) is 14.1. The second kappa shape index (κ2) is 9.09. The monoisotopic (exact) mass is 393 g/mol. The minimum absolute atomic E-state index is 0.233. The molecule has 0 N–H and O–H groups in total. The van der Waals surface area contributed by atoms with E-state index in [1.54, 1.807) is 14.2 Å². The zero-order valence-corrected chi connectivity index (χ0v) is 17.0. The van der Waals surface area contributed by atoms with Gasteiger partial charge in [0, 0.05) is 24.4 Å². The largest absolute Gasteiger partial charge is 0.493 e. The molecule has 152 valence electrons. The molecule has 6 nitrogen and oxygen atoms in total. The molecule has 2 aromatic heterocycles. The van der Waals surface area contributed by atoms with E-state index < -0.39 is 0 Å². The van der Waals surface area contributed by atoms with Crippen molar-refractivity contribution in [2.24, 2.45) is 0 Å². The second-order valence-corrected chi connectivity index (χ2v) is 7.34. The molecule has 1 aliphatic heterocycles. The standard InChI is InChI=1S/C23H27N3O3/c1-27-21-11-10-17(14-23(21)28-2)22-15-19(25-29-22)20-9-4-3-7-13-26(20)16-18-8-5-6-12-24-18/h5-6,8,10-12,14-15,20H,3-4,7,9,13,16H2,1-2H3/t20-/m0/s1. The fraction of sp³-hybridized carbons (Fsp3) is 0.391. The van der Waals surface area contributed by atoms with Crippen molar-refractivity contribution in [3.05, 3.63) is 60.0 Å². The Kier molecular flexibility index (Phi) is 6.10. The van der Waals surface area contributed by atoms with Gasteiger partial charge in [0.05, 0.1) is 26.0 Å². The number of hydrogen-bond acceptors (Lipinski definition) is 6. The van der Waals surface area contributed by atoms with E-state index in [1.807, 2.05) is 36.5 Å². The van der Waals surface area contributed by atoms with E-state index in [1.165, 1.54) is 19.3 Å². The molecule has 1 atom stereocenters. The van der Waals surface area contributed by atoms with Gasteiger partial charge >= 0.3 is 0 Å². The van der Waals surface area contributed by atoms with Crippen LogP contribution in [0.15, 0.2) is 53.2 Å². The second-order valence-electron chi connectivity index (χ2n) is 7.34. The van der Waals surface area contributed by atoms with Crippen LogP contribution in [0, 0.1) is 0 Å². The fourth-order valence-corrected chi connectivity index (χ4v) is 3.96. The predicted octanol–water partition coefficient (Wildman–Crippen LogP) is 4.87. The molecule has 0 aliphatic carbocycles. The number of aromatic nitrogens is 2. The van der Waals surface area contributed by atoms with Crippen LogP contribution in [0.25, 0.3) is 11.3 Å². The number of likely N-dealkylation sites (tertiary alicyclic amines) is 1. The third-order valence-electron chi connectivity index (χ3n) is 5.49. The summed E-state index contributed by atoms with van der Waals surface area (Å²) in [7, 11) is 3.26. The van der Waals surface area contributed by atoms with Crippen LogP contribution in [0.2, 0.25) is 0 Å². The summed E-state index contributed by atoms with van der Waals surface area (Å²) in [4.78, 5) is 6.99. The van der Waals surface area contributed by atoms with E-state index in [-0.39, 0.29) is 6.04 Å². The average Bonchev–Trinajstić information content (AvgIpc) is 3.14. The number of ether oxygens (including phenoxy) is 2. The summed E-state index contributed by atoms with van der Waals surface area (Å²) in [5, 5.41) is 4.44. The summed E-state index contributed by atoms with van der Waals surface area (Å²) < 4.78 is 16.5. The Bertz CT molecular complexity index is 926. The third-order valence-corrected chi connectivity index (χ3v) is 5.49. The van der Waals surface area contributed by atoms with E-state index in [2.05, 4.69) is 27.2 Å². The van der Waals surface area contributed by atoms with Crippen molar-refractivity contribution in [3.63, 3.8) is 0 Å². The van der Waals surface area contributed by atoms with Gasteiger partial charge in [-0.25, -0.2) is 0 Å². The molecule has 3 aromatic rings. The quantitative estimate of drug-likeness (QED) is 0.595. The lowest BCUT2D eigenvalue weighted by molar-refractivity contribution is 0.182. The van der Waals surface area contributed by atoms with Crippen LogP contribution in [0.4, 0.5) is 0 Å². The Morgan fingerprint density at radius 2 is 1.93 bits per heavy atom. The van der Waals surface area contributed by atoms with Crippen LogP contribution >= 0.6 is 0 Å². The van der Waals surface area contributed by atoms with Gasteiger partial charge in [-0.15, -0.1) is 0 Å². The molecule has 3 heterocycles. The molecule has 4 rings (SSSR count). The summed E-state index contributed by atoms with van der Waals surface area (Å²) in [5.41, 5.74) is 2.99. The van der Waals surface area contributed by atoms with Crippen molar-refractivity contribution < 1.29 is 14.0 Å². The zero-order chi connectivity index (χ0) is 20.1. The van der Waals surface area contributed by atoms with Gasteiger partial charge in [-0.3, -0.25) is 9.88 Å². The minimum Gasteiger partial charge on any atom is -0.493 e. The lowest BCUT2D eigenvalue weighted by Gasteiger charge is -2.27. The topological polar surface area (TPSA) is 60.6 Å². The molecule has 1 saturated heterocycles. The molecule has 0 spiro atoms. The number of rotatable bonds is 6. The van der Waals surface area contributed by atoms with E-state index in [4.69, 9.17) is 14.0 Å². The van der Waals surface area contributed by atoms with Gasteiger partial charge in [0.1, 0.15) is 5.69 Å². The van der Waals surface area contributed by atoms with E-state index in [0.29, 0.717) is 11.5 Å². The third kappa shape index (κ3) is 4.43. The van der Waals surface area contributed by atoms with Crippen molar-refractivity contribution in [1.29, 1.82) is 0 Å². The Labute approximate surface area is 171 Å². The Morgan fingerprint density at radius 3 is 2.72 bits per heavy atom. The summed E-state index contributed by atoms with van der Waals surface area (Å²) in [5.74, 6) is 2.11. The summed E-state index contributed by atoms with van der Waals surface area (Å²) in [6.45, 7) is 1.86. The van der Waals surface area contributed by atoms with Crippen molar-refractivity contribution >= 4 is 0 Å². The lowest BCUT2D eigenvalue weighted by atomic mass is 10.0. The van der Waals surface area contributed by atoms with E-state index in [0.717, 1.165) is 42.2 Å². The first kappa shape index (κ1) is 19.5. The minimum atomic E-state index is 0.233. The van der Waals surface area contributed by atoms with Gasteiger partial charge in [-0.2, -0.15) is 0 Å². The SMILES string of the molecule is COc1ccc(-c2cc([C@@H]3CCCCCN3Cc3ccccn3)no2)cc1OC. The molecule has 0 saturated carbocycles. The van der Waals surface area contributed by atoms with Gasteiger partial charge in [0.15, 0.2) is 17.3 Å². The number of nitrogens with zero attached hydrogens (tertiary/aromatic N) is 3. The first-order valence-electron chi connectivity index (χ1n) is 10.1. The average molecular weight is 393 g/mol. The number of methoxy groups -OCH3 is 2. The molecule has 6 heteroatoms. The molecular weight excluding hydrogens is 366 g/mol. The van der Waals surface area contributed by atoms with Crippen LogP contribution in [0.5, 0.6) is 11.5 Å². The fourth-order valence-electron chi connectivity index (χ4n) is 3.96. The molecule has 0 amide bonds. The van der Waals surface area contributed by atoms with Crippen LogP contribution in [0.3, 0.4) is 0 Å². The molecule has 0 bridgehead atoms. The van der Waals surface area contributed by atoms with Crippen LogP contribution < -0.4 is 9.47 Å². The number of pyridine rings is 1. The molecule has 1 aromatic carbocycles. The van der Waals surface area contributed by atoms with E-state index in [9.17, 15) is 0 Å². The molecule has 0 radical (unpaired) electrons. The number of benzene rings is 1. The highest BCUT2D eigenvalue weighted by molar-refractivity contribution is 5.62. The Hall–Kier alpha value is -2.86. The highest BCUT2D eigenvalue weighted by Crippen LogP contribution is 2.35. The Morgan fingerprint density at radius 1 is 1.03 bits per heavy atom. The summed E-state index contributed by atoms with van der Waals surface area (Å²) >= 11 is 0. The van der Waals surface area contributed by atoms with Crippen molar-refractivity contribution in [1.82, 2.24) is 15.0 Å². The van der Waals surface area contributed by atoms with Gasteiger partial charge in [-0.05, 0) is 49.7 Å². The van der Waals surface area contributed by atoms with Crippen LogP contribution in [-0.4, -0.2) is 35.8 Å². The molecule has 0 unspecified atom stereocenters. The molecule has 1 fully saturated rings. The molecule has 29 heavy (non-hydrogen) atoms. The molecule has 1 aliphatic rings. The molecular formula is C23H27N3O3. The normalized spacial score (nSPS) is 17.7. The number of hydrogen-bond donors (Lipinski definition) is 0. The van der Waals surface area contributed by atoms with Crippen LogP contribution in [-0.2, 0) is 6.54 Å². The van der Waals surface area contributed by atoms with Gasteiger partial charge in [0.2, 0.25) is 0 Å². The highest BCUT2D eigenvalue weighted by Gasteiger charge is 2.26. The lowest BCUT2D eigenvalue weighted by Crippen LogP contribution is -2.28. The summed E-state index contributed by atoms with van der Waals surface area (Å²) in [6.07, 6.45) is 6.57. The van der Waals surface area contributed by atoms with Gasteiger partial charge in [0.25, 0.3) is 0 Å². The van der Waals surface area contributed by atoms with Gasteiger partial charge < -0.3 is 14.0 Å². The van der Waals surface area contributed by atoms with Gasteiger partial charge in [-0.1, -0.05) is 24.1 Å². The van der Waals surface area contributed by atoms with E-state index >= 15 is 0 Å².